The largest absolute Gasteiger partial charge is 0.482 e. The van der Waals surface area contributed by atoms with Crippen LogP contribution in [0.5, 0.6) is 5.75 Å². The van der Waals surface area contributed by atoms with E-state index < -0.39 is 5.97 Å². The lowest BCUT2D eigenvalue weighted by atomic mass is 9.98. The van der Waals surface area contributed by atoms with Crippen molar-refractivity contribution < 1.29 is 14.6 Å². The molecule has 0 heterocycles. The van der Waals surface area contributed by atoms with Crippen LogP contribution in [0.3, 0.4) is 0 Å². The lowest BCUT2D eigenvalue weighted by molar-refractivity contribution is -0.139. The van der Waals surface area contributed by atoms with Crippen LogP contribution in [0.4, 0.5) is 0 Å². The minimum absolute atomic E-state index is 0.352. The van der Waals surface area contributed by atoms with Crippen molar-refractivity contribution in [1.29, 1.82) is 0 Å². The van der Waals surface area contributed by atoms with Crippen LogP contribution in [-0.4, -0.2) is 23.4 Å². The third-order valence-electron chi connectivity index (χ3n) is 4.01. The smallest absolute Gasteiger partial charge is 0.341 e. The van der Waals surface area contributed by atoms with Gasteiger partial charge < -0.3 is 9.84 Å². The number of carbonyl (C=O) groups is 1. The van der Waals surface area contributed by atoms with Gasteiger partial charge in [0.25, 0.3) is 0 Å². The standard InChI is InChI=1S/C23H18Br2O3S/c24-18-8-4-7-17(13-18)20(16-5-2-1-3-6-16)11-12-29-22-10-9-19(14-21(22)25)28-15-23(26)27/h1-11,13-14H,12,15H2,(H,26,27)/b20-11-. The van der Waals surface area contributed by atoms with Gasteiger partial charge in [0.2, 0.25) is 0 Å². The first-order chi connectivity index (χ1) is 14.0. The van der Waals surface area contributed by atoms with Gasteiger partial charge in [-0.15, -0.1) is 11.8 Å². The first kappa shape index (κ1) is 21.7. The van der Waals surface area contributed by atoms with Crippen LogP contribution >= 0.6 is 43.6 Å². The normalized spacial score (nSPS) is 11.3. The van der Waals surface area contributed by atoms with Gasteiger partial charge in [-0.05, 0) is 63.0 Å². The SMILES string of the molecule is O=C(O)COc1ccc(SC/C=C(/c2ccccc2)c2cccc(Br)c2)c(Br)c1. The summed E-state index contributed by atoms with van der Waals surface area (Å²) in [5.41, 5.74) is 3.50. The van der Waals surface area contributed by atoms with Gasteiger partial charge in [-0.2, -0.15) is 0 Å². The van der Waals surface area contributed by atoms with Crippen molar-refractivity contribution in [3.05, 3.63) is 98.9 Å². The van der Waals surface area contributed by atoms with Crippen molar-refractivity contribution >= 4 is 55.2 Å². The summed E-state index contributed by atoms with van der Waals surface area (Å²) < 4.78 is 7.14. The molecule has 0 aliphatic carbocycles. The van der Waals surface area contributed by atoms with Gasteiger partial charge in [-0.1, -0.05) is 64.5 Å². The number of aliphatic carboxylic acids is 1. The number of benzene rings is 3. The summed E-state index contributed by atoms with van der Waals surface area (Å²) in [5.74, 6) is 0.314. The lowest BCUT2D eigenvalue weighted by Crippen LogP contribution is -2.09. The van der Waals surface area contributed by atoms with Crippen LogP contribution in [0.15, 0.2) is 92.7 Å². The van der Waals surface area contributed by atoms with Crippen molar-refractivity contribution in [3.8, 4) is 5.75 Å². The number of carboxylic acid groups (broad SMARTS) is 1. The molecule has 0 aliphatic rings. The van der Waals surface area contributed by atoms with Crippen molar-refractivity contribution in [2.45, 2.75) is 4.90 Å². The summed E-state index contributed by atoms with van der Waals surface area (Å²) in [4.78, 5) is 11.7. The molecule has 3 aromatic carbocycles. The van der Waals surface area contributed by atoms with Crippen LogP contribution in [0, 0.1) is 0 Å². The van der Waals surface area contributed by atoms with E-state index in [1.807, 2.05) is 36.4 Å². The number of rotatable bonds is 8. The molecule has 0 aromatic heterocycles. The molecular formula is C23H18Br2O3S. The van der Waals surface area contributed by atoms with Crippen LogP contribution in [0.1, 0.15) is 11.1 Å². The zero-order valence-corrected chi connectivity index (χ0v) is 19.3. The second-order valence-corrected chi connectivity index (χ2v) is 8.91. The van der Waals surface area contributed by atoms with Crippen LogP contribution in [0.2, 0.25) is 0 Å². The topological polar surface area (TPSA) is 46.5 Å². The fourth-order valence-electron chi connectivity index (χ4n) is 2.72. The van der Waals surface area contributed by atoms with Gasteiger partial charge in [0.15, 0.2) is 6.61 Å². The summed E-state index contributed by atoms with van der Waals surface area (Å²) in [6.45, 7) is -0.352. The maximum absolute atomic E-state index is 10.6. The molecule has 0 amide bonds. The number of halogens is 2. The Bertz CT molecular complexity index is 1020. The van der Waals surface area contributed by atoms with E-state index in [1.165, 1.54) is 11.1 Å². The second-order valence-electron chi connectivity index (χ2n) is 6.08. The number of thioether (sulfide) groups is 1. The minimum Gasteiger partial charge on any atom is -0.482 e. The number of hydrogen-bond acceptors (Lipinski definition) is 3. The Labute approximate surface area is 191 Å². The number of ether oxygens (including phenoxy) is 1. The van der Waals surface area contributed by atoms with Gasteiger partial charge in [0.1, 0.15) is 5.75 Å². The Balaban J connectivity index is 1.77. The van der Waals surface area contributed by atoms with E-state index in [4.69, 9.17) is 9.84 Å². The van der Waals surface area contributed by atoms with Gasteiger partial charge in [0.05, 0.1) is 0 Å². The fraction of sp³-hybridized carbons (Fsp3) is 0.0870. The van der Waals surface area contributed by atoms with Crippen molar-refractivity contribution in [2.75, 3.05) is 12.4 Å². The highest BCUT2D eigenvalue weighted by Gasteiger charge is 2.07. The van der Waals surface area contributed by atoms with Gasteiger partial charge in [-0.25, -0.2) is 4.79 Å². The Morgan fingerprint density at radius 2 is 1.72 bits per heavy atom. The Hall–Kier alpha value is -2.02. The highest BCUT2D eigenvalue weighted by atomic mass is 79.9. The molecule has 0 radical (unpaired) electrons. The molecule has 0 fully saturated rings. The van der Waals surface area contributed by atoms with E-state index in [1.54, 1.807) is 23.9 Å². The molecule has 3 nitrogen and oxygen atoms in total. The first-order valence-electron chi connectivity index (χ1n) is 8.81. The highest BCUT2D eigenvalue weighted by molar-refractivity contribution is 9.10. The van der Waals surface area contributed by atoms with Crippen LogP contribution in [-0.2, 0) is 4.79 Å². The van der Waals surface area contributed by atoms with Crippen LogP contribution in [0.25, 0.3) is 5.57 Å². The van der Waals surface area contributed by atoms with Gasteiger partial charge >= 0.3 is 5.97 Å². The van der Waals surface area contributed by atoms with Gasteiger partial charge in [-0.3, -0.25) is 0 Å². The molecule has 3 aromatic rings. The molecule has 29 heavy (non-hydrogen) atoms. The zero-order chi connectivity index (χ0) is 20.6. The molecule has 0 spiro atoms. The molecule has 0 saturated heterocycles. The lowest BCUT2D eigenvalue weighted by Gasteiger charge is -2.10. The Kier molecular flexibility index (Phi) is 7.98. The number of hydrogen-bond donors (Lipinski definition) is 1. The molecule has 6 heteroatoms. The Morgan fingerprint density at radius 3 is 2.41 bits per heavy atom. The monoisotopic (exact) mass is 532 g/mol. The van der Waals surface area contributed by atoms with Crippen molar-refractivity contribution in [3.63, 3.8) is 0 Å². The third kappa shape index (κ3) is 6.49. The summed E-state index contributed by atoms with van der Waals surface area (Å²) in [7, 11) is 0. The highest BCUT2D eigenvalue weighted by Crippen LogP contribution is 2.32. The minimum atomic E-state index is -0.995. The molecule has 148 valence electrons. The molecule has 3 rings (SSSR count). The molecule has 1 N–H and O–H groups in total. The predicted molar refractivity (Wildman–Crippen MR) is 126 cm³/mol. The zero-order valence-electron chi connectivity index (χ0n) is 15.3. The summed E-state index contributed by atoms with van der Waals surface area (Å²) in [6.07, 6.45) is 2.23. The van der Waals surface area contributed by atoms with E-state index in [0.29, 0.717) is 5.75 Å². The first-order valence-corrected chi connectivity index (χ1v) is 11.4. The fourth-order valence-corrected chi connectivity index (χ4v) is 4.62. The summed E-state index contributed by atoms with van der Waals surface area (Å²) in [5, 5.41) is 8.72. The predicted octanol–water partition coefficient (Wildman–Crippen LogP) is 6.90. The second kappa shape index (κ2) is 10.7. The molecular weight excluding hydrogens is 516 g/mol. The van der Waals surface area contributed by atoms with Crippen molar-refractivity contribution in [2.24, 2.45) is 0 Å². The molecule has 0 aliphatic heterocycles. The average Bonchev–Trinajstić information content (AvgIpc) is 2.71. The van der Waals surface area contributed by atoms with Crippen molar-refractivity contribution in [1.82, 2.24) is 0 Å². The molecule has 0 saturated carbocycles. The average molecular weight is 534 g/mol. The summed E-state index contributed by atoms with van der Waals surface area (Å²) in [6, 6.07) is 24.1. The number of carboxylic acids is 1. The van der Waals surface area contributed by atoms with E-state index in [0.717, 1.165) is 25.2 Å². The van der Waals surface area contributed by atoms with E-state index in [2.05, 4.69) is 62.2 Å². The van der Waals surface area contributed by atoms with Gasteiger partial charge in [0, 0.05) is 19.6 Å². The molecule has 0 bridgehead atoms. The van der Waals surface area contributed by atoms with Crippen LogP contribution < -0.4 is 4.74 Å². The van der Waals surface area contributed by atoms with E-state index in [9.17, 15) is 4.79 Å². The molecule has 0 unspecified atom stereocenters. The quantitative estimate of drug-likeness (QED) is 0.320. The maximum atomic E-state index is 10.6. The Morgan fingerprint density at radius 1 is 0.966 bits per heavy atom. The maximum Gasteiger partial charge on any atom is 0.341 e. The third-order valence-corrected chi connectivity index (χ3v) is 6.42. The molecule has 0 atom stereocenters. The summed E-state index contributed by atoms with van der Waals surface area (Å²) >= 11 is 8.80. The van der Waals surface area contributed by atoms with E-state index >= 15 is 0 Å². The van der Waals surface area contributed by atoms with E-state index in [-0.39, 0.29) is 6.61 Å².